The summed E-state index contributed by atoms with van der Waals surface area (Å²) in [5.41, 5.74) is 1.13. The molecule has 0 spiro atoms. The highest BCUT2D eigenvalue weighted by Gasteiger charge is 2.13. The topological polar surface area (TPSA) is 62.6 Å². The fourth-order valence-corrected chi connectivity index (χ4v) is 2.10. The third-order valence-electron chi connectivity index (χ3n) is 3.38. The Kier molecular flexibility index (Phi) is 5.74. The van der Waals surface area contributed by atoms with Gasteiger partial charge in [-0.1, -0.05) is 12.1 Å². The van der Waals surface area contributed by atoms with E-state index in [-0.39, 0.29) is 24.9 Å². The van der Waals surface area contributed by atoms with Gasteiger partial charge in [0.1, 0.15) is 5.82 Å². The van der Waals surface area contributed by atoms with Crippen LogP contribution < -0.4 is 9.47 Å². The molecule has 1 amide bonds. The van der Waals surface area contributed by atoms with E-state index in [1.165, 1.54) is 30.2 Å². The molecule has 2 aromatic rings. The molecule has 24 heavy (non-hydrogen) atoms. The minimum atomic E-state index is -0.341. The molecule has 0 saturated carbocycles. The summed E-state index contributed by atoms with van der Waals surface area (Å²) in [5.74, 6) is 0.163. The first-order valence-corrected chi connectivity index (χ1v) is 7.23. The number of methoxy groups -OCH3 is 1. The number of hydrogen-bond acceptors (Lipinski definition) is 4. The second kappa shape index (κ2) is 7.97. The van der Waals surface area contributed by atoms with Crippen LogP contribution in [-0.4, -0.2) is 31.6 Å². The molecule has 0 radical (unpaired) electrons. The Morgan fingerprint density at radius 1 is 1.25 bits per heavy atom. The normalized spacial score (nSPS) is 9.92. The van der Waals surface area contributed by atoms with Gasteiger partial charge in [-0.15, -0.1) is 0 Å². The minimum absolute atomic E-state index is 0.186. The van der Waals surface area contributed by atoms with Crippen LogP contribution in [0.1, 0.15) is 11.1 Å². The second-order valence-corrected chi connectivity index (χ2v) is 5.15. The number of benzene rings is 2. The van der Waals surface area contributed by atoms with Crippen molar-refractivity contribution in [1.82, 2.24) is 4.90 Å². The third kappa shape index (κ3) is 4.46. The Bertz CT molecular complexity index is 771. The summed E-state index contributed by atoms with van der Waals surface area (Å²) in [7, 11) is 3.08. The molecule has 0 aliphatic carbocycles. The van der Waals surface area contributed by atoms with E-state index >= 15 is 0 Å². The van der Waals surface area contributed by atoms with E-state index in [1.807, 2.05) is 6.07 Å². The average Bonchev–Trinajstić information content (AvgIpc) is 2.59. The maximum Gasteiger partial charge on any atom is 0.260 e. The van der Waals surface area contributed by atoms with Gasteiger partial charge in [-0.2, -0.15) is 5.26 Å². The van der Waals surface area contributed by atoms with Crippen molar-refractivity contribution in [3.63, 3.8) is 0 Å². The standard InChI is InChI=1S/C18H17FN2O3/c1-21(11-14-4-3-5-15(19)8-14)18(22)12-24-16-7-6-13(10-20)9-17(16)23-2/h3-9H,11-12H2,1-2H3. The average molecular weight is 328 g/mol. The Morgan fingerprint density at radius 3 is 2.71 bits per heavy atom. The van der Waals surface area contributed by atoms with E-state index in [2.05, 4.69) is 0 Å². The highest BCUT2D eigenvalue weighted by molar-refractivity contribution is 5.77. The molecule has 124 valence electrons. The van der Waals surface area contributed by atoms with E-state index in [0.29, 0.717) is 22.6 Å². The molecular formula is C18H17FN2O3. The largest absolute Gasteiger partial charge is 0.493 e. The van der Waals surface area contributed by atoms with Crippen LogP contribution in [0.5, 0.6) is 11.5 Å². The molecule has 0 aliphatic rings. The summed E-state index contributed by atoms with van der Waals surface area (Å²) >= 11 is 0. The first-order valence-electron chi connectivity index (χ1n) is 7.23. The molecule has 0 fully saturated rings. The number of carbonyl (C=O) groups excluding carboxylic acids is 1. The van der Waals surface area contributed by atoms with Gasteiger partial charge < -0.3 is 14.4 Å². The van der Waals surface area contributed by atoms with E-state index < -0.39 is 0 Å². The molecule has 2 rings (SSSR count). The Hall–Kier alpha value is -3.07. The molecule has 0 unspecified atom stereocenters. The lowest BCUT2D eigenvalue weighted by Gasteiger charge is -2.18. The van der Waals surface area contributed by atoms with Gasteiger partial charge in [0.25, 0.3) is 5.91 Å². The van der Waals surface area contributed by atoms with Crippen LogP contribution in [0.2, 0.25) is 0 Å². The van der Waals surface area contributed by atoms with Gasteiger partial charge in [-0.3, -0.25) is 4.79 Å². The zero-order valence-electron chi connectivity index (χ0n) is 13.5. The number of halogens is 1. The van der Waals surface area contributed by atoms with E-state index in [0.717, 1.165) is 0 Å². The van der Waals surface area contributed by atoms with Crippen LogP contribution >= 0.6 is 0 Å². The molecule has 5 nitrogen and oxygen atoms in total. The minimum Gasteiger partial charge on any atom is -0.493 e. The van der Waals surface area contributed by atoms with Gasteiger partial charge in [0.15, 0.2) is 18.1 Å². The summed E-state index contributed by atoms with van der Waals surface area (Å²) in [6.07, 6.45) is 0. The molecule has 0 heterocycles. The fourth-order valence-electron chi connectivity index (χ4n) is 2.10. The molecule has 0 aliphatic heterocycles. The van der Waals surface area contributed by atoms with Gasteiger partial charge in [0.2, 0.25) is 0 Å². The molecule has 2 aromatic carbocycles. The van der Waals surface area contributed by atoms with Crippen molar-refractivity contribution in [1.29, 1.82) is 5.26 Å². The lowest BCUT2D eigenvalue weighted by Crippen LogP contribution is -2.31. The number of ether oxygens (including phenoxy) is 2. The Labute approximate surface area is 139 Å². The van der Waals surface area contributed by atoms with Crippen LogP contribution in [-0.2, 0) is 11.3 Å². The Balaban J connectivity index is 1.96. The van der Waals surface area contributed by atoms with Gasteiger partial charge in [-0.05, 0) is 29.8 Å². The number of likely N-dealkylation sites (N-methyl/N-ethyl adjacent to an activating group) is 1. The lowest BCUT2D eigenvalue weighted by atomic mass is 10.2. The van der Waals surface area contributed by atoms with Crippen LogP contribution in [0.4, 0.5) is 4.39 Å². The molecule has 0 atom stereocenters. The van der Waals surface area contributed by atoms with Crippen molar-refractivity contribution in [2.45, 2.75) is 6.54 Å². The summed E-state index contributed by atoms with van der Waals surface area (Å²) < 4.78 is 23.8. The maximum absolute atomic E-state index is 13.2. The fraction of sp³-hybridized carbons (Fsp3) is 0.222. The second-order valence-electron chi connectivity index (χ2n) is 5.15. The summed E-state index contributed by atoms with van der Waals surface area (Å²) in [6.45, 7) is 0.0958. The SMILES string of the molecule is COc1cc(C#N)ccc1OCC(=O)N(C)Cc1cccc(F)c1. The summed E-state index contributed by atoms with van der Waals surface area (Å²) in [5, 5.41) is 8.87. The first kappa shape index (κ1) is 17.3. The predicted molar refractivity (Wildman–Crippen MR) is 86.1 cm³/mol. The number of rotatable bonds is 6. The quantitative estimate of drug-likeness (QED) is 0.818. The predicted octanol–water partition coefficient (Wildman–Crippen LogP) is 2.74. The van der Waals surface area contributed by atoms with Crippen LogP contribution in [0.15, 0.2) is 42.5 Å². The molecule has 6 heteroatoms. The Morgan fingerprint density at radius 2 is 2.04 bits per heavy atom. The van der Waals surface area contributed by atoms with Crippen molar-refractivity contribution in [3.05, 3.63) is 59.4 Å². The van der Waals surface area contributed by atoms with Crippen molar-refractivity contribution < 1.29 is 18.7 Å². The molecule has 0 aromatic heterocycles. The number of nitrogens with zero attached hydrogens (tertiary/aromatic N) is 2. The first-order chi connectivity index (χ1) is 11.5. The number of carbonyl (C=O) groups is 1. The van der Waals surface area contributed by atoms with E-state index in [1.54, 1.807) is 31.3 Å². The van der Waals surface area contributed by atoms with Gasteiger partial charge in [0.05, 0.1) is 18.7 Å². The van der Waals surface area contributed by atoms with Crippen molar-refractivity contribution in [2.75, 3.05) is 20.8 Å². The van der Waals surface area contributed by atoms with Crippen molar-refractivity contribution in [2.24, 2.45) is 0 Å². The summed E-state index contributed by atoms with van der Waals surface area (Å²) in [6, 6.07) is 12.8. The highest BCUT2D eigenvalue weighted by atomic mass is 19.1. The summed E-state index contributed by atoms with van der Waals surface area (Å²) in [4.78, 5) is 13.6. The lowest BCUT2D eigenvalue weighted by molar-refractivity contribution is -0.132. The van der Waals surface area contributed by atoms with Crippen molar-refractivity contribution in [3.8, 4) is 17.6 Å². The van der Waals surface area contributed by atoms with Crippen LogP contribution in [0.3, 0.4) is 0 Å². The molecular weight excluding hydrogens is 311 g/mol. The smallest absolute Gasteiger partial charge is 0.260 e. The molecule has 0 N–H and O–H groups in total. The number of nitriles is 1. The zero-order chi connectivity index (χ0) is 17.5. The zero-order valence-corrected chi connectivity index (χ0v) is 13.5. The monoisotopic (exact) mass is 328 g/mol. The van der Waals surface area contributed by atoms with E-state index in [4.69, 9.17) is 14.7 Å². The van der Waals surface area contributed by atoms with Gasteiger partial charge >= 0.3 is 0 Å². The molecule has 0 bridgehead atoms. The van der Waals surface area contributed by atoms with Crippen molar-refractivity contribution >= 4 is 5.91 Å². The van der Waals surface area contributed by atoms with E-state index in [9.17, 15) is 9.18 Å². The maximum atomic E-state index is 13.2. The number of hydrogen-bond donors (Lipinski definition) is 0. The third-order valence-corrected chi connectivity index (χ3v) is 3.38. The number of amides is 1. The van der Waals surface area contributed by atoms with Crippen LogP contribution in [0.25, 0.3) is 0 Å². The van der Waals surface area contributed by atoms with Crippen LogP contribution in [0, 0.1) is 17.1 Å². The van der Waals surface area contributed by atoms with Gasteiger partial charge in [-0.25, -0.2) is 4.39 Å². The van der Waals surface area contributed by atoms with Gasteiger partial charge in [0, 0.05) is 19.7 Å². The highest BCUT2D eigenvalue weighted by Crippen LogP contribution is 2.27. The molecule has 0 saturated heterocycles.